The second-order valence-corrected chi connectivity index (χ2v) is 6.87. The molecule has 0 fully saturated rings. The number of rotatable bonds is 6. The number of carbonyl (C=O) groups is 2. The van der Waals surface area contributed by atoms with E-state index in [1.807, 2.05) is 60.7 Å². The molecule has 2 aromatic rings. The highest BCUT2D eigenvalue weighted by atomic mass is 16.5. The number of hydrogen-bond acceptors (Lipinski definition) is 5. The molecule has 0 bridgehead atoms. The predicted octanol–water partition coefficient (Wildman–Crippen LogP) is 3.44. The lowest BCUT2D eigenvalue weighted by molar-refractivity contribution is -0.141. The van der Waals surface area contributed by atoms with Crippen molar-refractivity contribution in [2.75, 3.05) is 27.3 Å². The largest absolute Gasteiger partial charge is 0.463 e. The van der Waals surface area contributed by atoms with Crippen LogP contribution in [0.15, 0.2) is 72.3 Å². The summed E-state index contributed by atoms with van der Waals surface area (Å²) in [6.45, 7) is 3.70. The maximum absolute atomic E-state index is 13.0. The van der Waals surface area contributed by atoms with Crippen molar-refractivity contribution >= 4 is 11.9 Å². The summed E-state index contributed by atoms with van der Waals surface area (Å²) in [5, 5.41) is 0. The molecule has 0 aliphatic rings. The molecule has 0 saturated carbocycles. The van der Waals surface area contributed by atoms with Crippen molar-refractivity contribution in [1.82, 2.24) is 4.90 Å². The van der Waals surface area contributed by atoms with Gasteiger partial charge in [-0.15, -0.1) is 0 Å². The Labute approximate surface area is 190 Å². The molecule has 0 aromatic heterocycles. The number of benzene rings is 2. The van der Waals surface area contributed by atoms with E-state index in [9.17, 15) is 9.59 Å². The van der Waals surface area contributed by atoms with Gasteiger partial charge in [0.1, 0.15) is 0 Å². The molecular formula is C27H27NO4. The molecule has 0 unspecified atom stereocenters. The van der Waals surface area contributed by atoms with Crippen LogP contribution in [0.5, 0.6) is 0 Å². The first kappa shape index (κ1) is 24.5. The minimum atomic E-state index is -1.43. The highest BCUT2D eigenvalue weighted by Crippen LogP contribution is 2.24. The maximum atomic E-state index is 13.0. The summed E-state index contributed by atoms with van der Waals surface area (Å²) in [5.74, 6) is 11.1. The Balaban J connectivity index is 2.77. The molecule has 2 rings (SSSR count). The normalized spacial score (nSPS) is 11.0. The van der Waals surface area contributed by atoms with Crippen LogP contribution in [-0.2, 0) is 19.1 Å². The van der Waals surface area contributed by atoms with Gasteiger partial charge in [0.05, 0.1) is 18.8 Å². The van der Waals surface area contributed by atoms with Crippen molar-refractivity contribution in [2.24, 2.45) is 0 Å². The van der Waals surface area contributed by atoms with Crippen LogP contribution in [0.4, 0.5) is 0 Å². The zero-order valence-electron chi connectivity index (χ0n) is 18.8. The van der Waals surface area contributed by atoms with Crippen LogP contribution in [0.25, 0.3) is 0 Å². The maximum Gasteiger partial charge on any atom is 0.338 e. The number of likely N-dealkylation sites (N-methyl/N-ethyl adjacent to an activating group) is 1. The van der Waals surface area contributed by atoms with E-state index in [4.69, 9.17) is 9.47 Å². The van der Waals surface area contributed by atoms with Gasteiger partial charge in [-0.05, 0) is 52.2 Å². The third kappa shape index (κ3) is 6.60. The predicted molar refractivity (Wildman–Crippen MR) is 124 cm³/mol. The summed E-state index contributed by atoms with van der Waals surface area (Å²) < 4.78 is 10.3. The summed E-state index contributed by atoms with van der Waals surface area (Å²) in [6.07, 6.45) is 1.13. The Morgan fingerprint density at radius 3 is 1.72 bits per heavy atom. The summed E-state index contributed by atoms with van der Waals surface area (Å²) in [6, 6.07) is 18.7. The van der Waals surface area contributed by atoms with Crippen LogP contribution in [0.2, 0.25) is 0 Å². The summed E-state index contributed by atoms with van der Waals surface area (Å²) in [5.41, 5.74) is 0.0684. The zero-order valence-corrected chi connectivity index (χ0v) is 18.8. The molecular weight excluding hydrogens is 402 g/mol. The van der Waals surface area contributed by atoms with E-state index in [-0.39, 0.29) is 18.8 Å². The Kier molecular flexibility index (Phi) is 9.29. The van der Waals surface area contributed by atoms with E-state index in [2.05, 4.69) is 23.7 Å². The number of carbonyl (C=O) groups excluding carboxylic acids is 2. The average molecular weight is 430 g/mol. The first-order valence-corrected chi connectivity index (χ1v) is 10.3. The van der Waals surface area contributed by atoms with Crippen molar-refractivity contribution in [2.45, 2.75) is 19.4 Å². The first-order valence-electron chi connectivity index (χ1n) is 10.3. The van der Waals surface area contributed by atoms with Gasteiger partial charge >= 0.3 is 11.9 Å². The fourth-order valence-electron chi connectivity index (χ4n) is 2.82. The van der Waals surface area contributed by atoms with E-state index in [1.165, 1.54) is 0 Å². The summed E-state index contributed by atoms with van der Waals surface area (Å²) >= 11 is 0. The molecule has 2 aromatic carbocycles. The Morgan fingerprint density at radius 2 is 1.31 bits per heavy atom. The molecule has 0 heterocycles. The van der Waals surface area contributed by atoms with Gasteiger partial charge in [-0.3, -0.25) is 4.90 Å². The van der Waals surface area contributed by atoms with Crippen LogP contribution in [0, 0.1) is 23.7 Å². The molecule has 164 valence electrons. The zero-order chi connectivity index (χ0) is 23.4. The van der Waals surface area contributed by atoms with Gasteiger partial charge in [0.15, 0.2) is 5.54 Å². The summed E-state index contributed by atoms with van der Waals surface area (Å²) in [4.78, 5) is 27.1. The molecule has 0 amide bonds. The van der Waals surface area contributed by atoms with Gasteiger partial charge in [0.2, 0.25) is 0 Å². The number of nitrogens with zero attached hydrogens (tertiary/aromatic N) is 1. The molecule has 32 heavy (non-hydrogen) atoms. The number of ether oxygens (including phenoxy) is 2. The second kappa shape index (κ2) is 12.2. The third-order valence-corrected chi connectivity index (χ3v) is 4.43. The fourth-order valence-corrected chi connectivity index (χ4v) is 2.82. The molecule has 0 aliphatic heterocycles. The molecule has 0 spiro atoms. The van der Waals surface area contributed by atoms with Crippen LogP contribution >= 0.6 is 0 Å². The van der Waals surface area contributed by atoms with E-state index >= 15 is 0 Å². The highest BCUT2D eigenvalue weighted by Gasteiger charge is 2.39. The smallest absolute Gasteiger partial charge is 0.338 e. The fraction of sp³-hybridized carbons (Fsp3) is 0.259. The molecule has 0 aliphatic carbocycles. The first-order chi connectivity index (χ1) is 15.4. The van der Waals surface area contributed by atoms with Gasteiger partial charge in [-0.25, -0.2) is 9.59 Å². The van der Waals surface area contributed by atoms with E-state index in [0.29, 0.717) is 0 Å². The van der Waals surface area contributed by atoms with Gasteiger partial charge in [0, 0.05) is 17.2 Å². The molecule has 5 nitrogen and oxygen atoms in total. The molecule has 0 radical (unpaired) electrons. The van der Waals surface area contributed by atoms with Gasteiger partial charge < -0.3 is 9.47 Å². The van der Waals surface area contributed by atoms with Crippen LogP contribution in [0.3, 0.4) is 0 Å². The SMILES string of the molecule is CCOC(=O)/C=C(\C(=O)OCC)C(C#Cc1ccccc1)(C#Cc1ccccc1)N(C)C. The lowest BCUT2D eigenvalue weighted by Crippen LogP contribution is -2.47. The topological polar surface area (TPSA) is 55.8 Å². The van der Waals surface area contributed by atoms with Gasteiger partial charge in [-0.2, -0.15) is 0 Å². The van der Waals surface area contributed by atoms with Gasteiger partial charge in [0.25, 0.3) is 0 Å². The van der Waals surface area contributed by atoms with Crippen LogP contribution in [0.1, 0.15) is 25.0 Å². The number of esters is 2. The molecule has 0 saturated heterocycles. The van der Waals surface area contributed by atoms with Crippen LogP contribution < -0.4 is 0 Å². The van der Waals surface area contributed by atoms with Crippen molar-refractivity contribution in [3.05, 3.63) is 83.4 Å². The lowest BCUT2D eigenvalue weighted by atomic mass is 9.87. The lowest BCUT2D eigenvalue weighted by Gasteiger charge is -2.31. The third-order valence-electron chi connectivity index (χ3n) is 4.43. The minimum Gasteiger partial charge on any atom is -0.463 e. The molecule has 0 N–H and O–H groups in total. The van der Waals surface area contributed by atoms with Crippen molar-refractivity contribution in [1.29, 1.82) is 0 Å². The van der Waals surface area contributed by atoms with E-state index in [0.717, 1.165) is 17.2 Å². The van der Waals surface area contributed by atoms with Crippen molar-refractivity contribution < 1.29 is 19.1 Å². The minimum absolute atomic E-state index is 0.00494. The molecule has 5 heteroatoms. The quantitative estimate of drug-likeness (QED) is 0.400. The summed E-state index contributed by atoms with van der Waals surface area (Å²) in [7, 11) is 3.50. The average Bonchev–Trinajstić information content (AvgIpc) is 2.79. The van der Waals surface area contributed by atoms with E-state index < -0.39 is 17.5 Å². The monoisotopic (exact) mass is 429 g/mol. The van der Waals surface area contributed by atoms with Crippen molar-refractivity contribution in [3.63, 3.8) is 0 Å². The standard InChI is InChI=1S/C27H27NO4/c1-5-31-25(29)21-24(26(30)32-6-2)27(28(3)4,19-17-22-13-9-7-10-14-22)20-18-23-15-11-8-12-16-23/h7-16,21H,5-6H2,1-4H3/b24-21+. The van der Waals surface area contributed by atoms with E-state index in [1.54, 1.807) is 32.8 Å². The molecule has 0 atom stereocenters. The van der Waals surface area contributed by atoms with Gasteiger partial charge in [-0.1, -0.05) is 60.1 Å². The Hall–Kier alpha value is -3.80. The van der Waals surface area contributed by atoms with Crippen LogP contribution in [-0.4, -0.2) is 49.7 Å². The highest BCUT2D eigenvalue weighted by molar-refractivity contribution is 6.00. The Morgan fingerprint density at radius 1 is 0.844 bits per heavy atom. The second-order valence-electron chi connectivity index (χ2n) is 6.87. The van der Waals surface area contributed by atoms with Crippen molar-refractivity contribution in [3.8, 4) is 23.7 Å². The Bertz CT molecular complexity index is 1010. The number of hydrogen-bond donors (Lipinski definition) is 0.